The molecule has 4 nitrogen and oxygen atoms in total. The van der Waals surface area contributed by atoms with E-state index in [0.29, 0.717) is 5.75 Å². The molecule has 0 atom stereocenters. The molecule has 0 aromatic heterocycles. The van der Waals surface area contributed by atoms with Crippen LogP contribution in [0, 0.1) is 0 Å². The minimum Gasteiger partial charge on any atom is -0.508 e. The number of rotatable bonds is 2. The van der Waals surface area contributed by atoms with E-state index < -0.39 is 9.33 Å². The molecule has 0 unspecified atom stereocenters. The van der Waals surface area contributed by atoms with Crippen LogP contribution in [0.3, 0.4) is 0 Å². The first-order valence-corrected chi connectivity index (χ1v) is 6.16. The Bertz CT molecular complexity index is 406. The van der Waals surface area contributed by atoms with E-state index in [9.17, 15) is 5.11 Å². The Morgan fingerprint density at radius 3 is 2.27 bits per heavy atom. The average molecular weight is 251 g/mol. The van der Waals surface area contributed by atoms with Gasteiger partial charge in [-0.1, -0.05) is 24.3 Å². The molecule has 6 heteroatoms. The van der Waals surface area contributed by atoms with Crippen molar-refractivity contribution in [3.05, 3.63) is 42.5 Å². The Labute approximate surface area is 93.1 Å². The van der Waals surface area contributed by atoms with Crippen molar-refractivity contribution in [2.75, 3.05) is 0 Å². The third-order valence-corrected chi connectivity index (χ3v) is 1.36. The van der Waals surface area contributed by atoms with Crippen LogP contribution in [0.4, 0.5) is 0 Å². The highest BCUT2D eigenvalue weighted by atomic mass is 35.7. The fourth-order valence-corrected chi connectivity index (χ4v) is 0.839. The molecule has 1 aromatic rings. The zero-order chi connectivity index (χ0) is 11.9. The molecule has 0 saturated heterocycles. The Morgan fingerprint density at radius 1 is 1.40 bits per heavy atom. The van der Waals surface area contributed by atoms with Crippen LogP contribution < -0.4 is 0 Å². The number of phenolic OH excluding ortho intramolecular Hbond substituents is 1. The molecular formula is C9H11ClO4S. The number of halogens is 1. The van der Waals surface area contributed by atoms with Gasteiger partial charge in [0, 0.05) is 10.7 Å². The molecule has 1 rings (SSSR count). The maximum Gasteiger partial charge on any atom is 0.353 e. The molecule has 15 heavy (non-hydrogen) atoms. The van der Waals surface area contributed by atoms with Gasteiger partial charge in [0.1, 0.15) is 5.75 Å². The molecule has 0 radical (unpaired) electrons. The number of benzene rings is 1. The summed E-state index contributed by atoms with van der Waals surface area (Å²) in [5.41, 5.74) is 0.928. The smallest absolute Gasteiger partial charge is 0.353 e. The molecule has 2 N–H and O–H groups in total. The van der Waals surface area contributed by atoms with Crippen molar-refractivity contribution in [3.63, 3.8) is 0 Å². The van der Waals surface area contributed by atoms with Gasteiger partial charge in [-0.15, -0.1) is 6.58 Å². The Morgan fingerprint density at radius 2 is 1.87 bits per heavy atom. The van der Waals surface area contributed by atoms with Crippen LogP contribution in [0.15, 0.2) is 36.9 Å². The molecule has 0 amide bonds. The van der Waals surface area contributed by atoms with Crippen LogP contribution in [-0.2, 0) is 15.8 Å². The van der Waals surface area contributed by atoms with Gasteiger partial charge >= 0.3 is 9.33 Å². The first kappa shape index (κ1) is 14.0. The molecule has 0 aliphatic carbocycles. The summed E-state index contributed by atoms with van der Waals surface area (Å²) < 4.78 is 25.2. The SMILES string of the molecule is C=CCc1ccccc1O.O=S(=O)(O)Cl. The lowest BCUT2D eigenvalue weighted by Crippen LogP contribution is -1.79. The van der Waals surface area contributed by atoms with Gasteiger partial charge in [-0.25, -0.2) is 0 Å². The zero-order valence-corrected chi connectivity index (χ0v) is 9.37. The lowest BCUT2D eigenvalue weighted by molar-refractivity contribution is 0.469. The molecule has 1 aromatic carbocycles. The van der Waals surface area contributed by atoms with E-state index in [1.165, 1.54) is 0 Å². The number of para-hydroxylation sites is 1. The van der Waals surface area contributed by atoms with E-state index in [4.69, 9.17) is 13.0 Å². The highest BCUT2D eigenvalue weighted by Gasteiger charge is 1.93. The average Bonchev–Trinajstić information content (AvgIpc) is 2.06. The van der Waals surface area contributed by atoms with E-state index >= 15 is 0 Å². The topological polar surface area (TPSA) is 74.6 Å². The first-order chi connectivity index (χ1) is 6.84. The van der Waals surface area contributed by atoms with Gasteiger partial charge in [0.05, 0.1) is 0 Å². The Kier molecular flexibility index (Phi) is 6.00. The minimum atomic E-state index is -4.19. The predicted molar refractivity (Wildman–Crippen MR) is 59.4 cm³/mol. The largest absolute Gasteiger partial charge is 0.508 e. The molecule has 0 saturated carbocycles. The fourth-order valence-electron chi connectivity index (χ4n) is 0.839. The highest BCUT2D eigenvalue weighted by molar-refractivity contribution is 8.09. The third kappa shape index (κ3) is 9.27. The maximum absolute atomic E-state index is 9.19. The molecule has 84 valence electrons. The quantitative estimate of drug-likeness (QED) is 0.479. The van der Waals surface area contributed by atoms with Gasteiger partial charge in [-0.05, 0) is 18.1 Å². The van der Waals surface area contributed by atoms with Crippen molar-refractivity contribution in [3.8, 4) is 5.75 Å². The van der Waals surface area contributed by atoms with Crippen molar-refractivity contribution >= 4 is 20.0 Å². The van der Waals surface area contributed by atoms with Gasteiger partial charge < -0.3 is 5.11 Å². The molecule has 0 bridgehead atoms. The summed E-state index contributed by atoms with van der Waals surface area (Å²) in [5.74, 6) is 0.349. The minimum absolute atomic E-state index is 0.349. The molecule has 0 heterocycles. The van der Waals surface area contributed by atoms with Crippen LogP contribution in [0.5, 0.6) is 5.75 Å². The second kappa shape index (κ2) is 6.44. The summed E-state index contributed by atoms with van der Waals surface area (Å²) in [6.07, 6.45) is 2.50. The predicted octanol–water partition coefficient (Wildman–Crippen LogP) is 2.15. The number of allylic oxidation sites excluding steroid dienone is 1. The van der Waals surface area contributed by atoms with Gasteiger partial charge in [0.25, 0.3) is 0 Å². The normalized spacial score (nSPS) is 10.0. The van der Waals surface area contributed by atoms with E-state index in [2.05, 4.69) is 17.3 Å². The summed E-state index contributed by atoms with van der Waals surface area (Å²) in [7, 11) is -0.137. The highest BCUT2D eigenvalue weighted by Crippen LogP contribution is 2.15. The van der Waals surface area contributed by atoms with Crippen molar-refractivity contribution in [2.45, 2.75) is 6.42 Å². The summed E-state index contributed by atoms with van der Waals surface area (Å²) >= 11 is 0. The Balaban J connectivity index is 0.000000336. The number of phenols is 1. The summed E-state index contributed by atoms with van der Waals surface area (Å²) in [6, 6.07) is 7.27. The van der Waals surface area contributed by atoms with E-state index in [1.54, 1.807) is 12.1 Å². The summed E-state index contributed by atoms with van der Waals surface area (Å²) in [6.45, 7) is 3.59. The lowest BCUT2D eigenvalue weighted by atomic mass is 10.1. The van der Waals surface area contributed by atoms with E-state index in [1.807, 2.05) is 18.2 Å². The molecule has 0 aliphatic heterocycles. The standard InChI is InChI=1S/C9H10O.ClHO3S/c1-2-5-8-6-3-4-7-9(8)10;1-5(2,3)4/h2-4,6-7,10H,1,5H2;(H,2,3,4). The van der Waals surface area contributed by atoms with Crippen molar-refractivity contribution in [1.82, 2.24) is 0 Å². The van der Waals surface area contributed by atoms with Crippen LogP contribution in [0.25, 0.3) is 0 Å². The second-order valence-corrected chi connectivity index (χ2v) is 4.53. The summed E-state index contributed by atoms with van der Waals surface area (Å²) in [5, 5.41) is 9.19. The number of hydrogen-bond donors (Lipinski definition) is 2. The van der Waals surface area contributed by atoms with Crippen LogP contribution >= 0.6 is 10.7 Å². The van der Waals surface area contributed by atoms with E-state index in [0.717, 1.165) is 12.0 Å². The fraction of sp³-hybridized carbons (Fsp3) is 0.111. The molecule has 0 fully saturated rings. The van der Waals surface area contributed by atoms with Crippen LogP contribution in [0.2, 0.25) is 0 Å². The van der Waals surface area contributed by atoms with Gasteiger partial charge in [-0.2, -0.15) is 8.42 Å². The third-order valence-electron chi connectivity index (χ3n) is 1.36. The number of hydrogen-bond acceptors (Lipinski definition) is 3. The van der Waals surface area contributed by atoms with Crippen LogP contribution in [0.1, 0.15) is 5.56 Å². The van der Waals surface area contributed by atoms with Crippen LogP contribution in [-0.4, -0.2) is 18.1 Å². The van der Waals surface area contributed by atoms with Gasteiger partial charge in [0.2, 0.25) is 0 Å². The van der Waals surface area contributed by atoms with Gasteiger partial charge in [-0.3, -0.25) is 4.55 Å². The van der Waals surface area contributed by atoms with Gasteiger partial charge in [0.15, 0.2) is 0 Å². The van der Waals surface area contributed by atoms with Crippen molar-refractivity contribution in [2.24, 2.45) is 0 Å². The maximum atomic E-state index is 9.19. The molecule has 0 spiro atoms. The van der Waals surface area contributed by atoms with Crippen molar-refractivity contribution in [1.29, 1.82) is 0 Å². The number of aromatic hydroxyl groups is 1. The Hall–Kier alpha value is -1.04. The van der Waals surface area contributed by atoms with Crippen molar-refractivity contribution < 1.29 is 18.1 Å². The molecule has 0 aliphatic rings. The lowest BCUT2D eigenvalue weighted by Gasteiger charge is -1.97. The van der Waals surface area contributed by atoms with E-state index in [-0.39, 0.29) is 0 Å². The summed E-state index contributed by atoms with van der Waals surface area (Å²) in [4.78, 5) is 0. The second-order valence-electron chi connectivity index (χ2n) is 2.53. The zero-order valence-electron chi connectivity index (χ0n) is 7.80. The molecular weight excluding hydrogens is 240 g/mol. The monoisotopic (exact) mass is 250 g/mol. The first-order valence-electron chi connectivity index (χ1n) is 3.89.